The maximum atomic E-state index is 10.7. The fourth-order valence-corrected chi connectivity index (χ4v) is 2.21. The molecule has 5 nitrogen and oxygen atoms in total. The molecule has 0 heterocycles. The Bertz CT molecular complexity index is 517. The SMILES string of the molecule is CCCC(C=CC(=O)O)c1cc(Cl)ccc1N(C)N=O. The first-order valence-corrected chi connectivity index (χ1v) is 6.65. The largest absolute Gasteiger partial charge is 0.478 e. The first-order chi connectivity index (χ1) is 9.49. The van der Waals surface area contributed by atoms with E-state index in [9.17, 15) is 9.70 Å². The summed E-state index contributed by atoms with van der Waals surface area (Å²) in [5.41, 5.74) is 1.41. The monoisotopic (exact) mass is 296 g/mol. The molecule has 0 aromatic heterocycles. The van der Waals surface area contributed by atoms with Crippen molar-refractivity contribution in [3.63, 3.8) is 0 Å². The van der Waals surface area contributed by atoms with E-state index in [1.54, 1.807) is 31.3 Å². The smallest absolute Gasteiger partial charge is 0.327 e. The van der Waals surface area contributed by atoms with Crippen LogP contribution in [0.2, 0.25) is 5.02 Å². The molecule has 0 saturated carbocycles. The molecule has 0 aliphatic heterocycles. The number of nitrogens with zero attached hydrogens (tertiary/aromatic N) is 2. The molecule has 6 heteroatoms. The second kappa shape index (κ2) is 7.65. The van der Waals surface area contributed by atoms with Crippen LogP contribution in [0.4, 0.5) is 5.69 Å². The van der Waals surface area contributed by atoms with Gasteiger partial charge in [-0.15, -0.1) is 4.91 Å². The predicted octanol–water partition coefficient (Wildman–Crippen LogP) is 3.98. The average molecular weight is 297 g/mol. The zero-order valence-corrected chi connectivity index (χ0v) is 12.2. The molecule has 1 rings (SSSR count). The highest BCUT2D eigenvalue weighted by atomic mass is 35.5. The Balaban J connectivity index is 3.26. The van der Waals surface area contributed by atoms with Gasteiger partial charge in [0.15, 0.2) is 0 Å². The van der Waals surface area contributed by atoms with Crippen molar-refractivity contribution in [2.24, 2.45) is 5.29 Å². The van der Waals surface area contributed by atoms with Crippen LogP contribution in [0.25, 0.3) is 0 Å². The summed E-state index contributed by atoms with van der Waals surface area (Å²) in [6.07, 6.45) is 4.35. The highest BCUT2D eigenvalue weighted by Gasteiger charge is 2.16. The molecule has 20 heavy (non-hydrogen) atoms. The van der Waals surface area contributed by atoms with Crippen LogP contribution in [0.5, 0.6) is 0 Å². The summed E-state index contributed by atoms with van der Waals surface area (Å²) >= 11 is 6.00. The van der Waals surface area contributed by atoms with Gasteiger partial charge in [0.1, 0.15) is 0 Å². The summed E-state index contributed by atoms with van der Waals surface area (Å²) in [6.45, 7) is 2.01. The third-order valence-electron chi connectivity index (χ3n) is 2.93. The summed E-state index contributed by atoms with van der Waals surface area (Å²) in [7, 11) is 1.55. The number of carboxylic acid groups (broad SMARTS) is 1. The van der Waals surface area contributed by atoms with E-state index in [4.69, 9.17) is 16.7 Å². The lowest BCUT2D eigenvalue weighted by molar-refractivity contribution is -0.131. The normalized spacial score (nSPS) is 12.3. The van der Waals surface area contributed by atoms with Crippen molar-refractivity contribution in [3.8, 4) is 0 Å². The molecule has 0 aliphatic carbocycles. The van der Waals surface area contributed by atoms with Gasteiger partial charge in [0.05, 0.1) is 11.0 Å². The van der Waals surface area contributed by atoms with E-state index >= 15 is 0 Å². The summed E-state index contributed by atoms with van der Waals surface area (Å²) in [5, 5.41) is 13.4. The molecule has 0 saturated heterocycles. The molecule has 0 aliphatic rings. The molecule has 108 valence electrons. The maximum Gasteiger partial charge on any atom is 0.327 e. The lowest BCUT2D eigenvalue weighted by Crippen LogP contribution is -2.11. The van der Waals surface area contributed by atoms with Crippen LogP contribution in [0, 0.1) is 4.91 Å². The number of rotatable bonds is 7. The van der Waals surface area contributed by atoms with Gasteiger partial charge in [-0.1, -0.05) is 31.0 Å². The number of nitroso groups, excluding NO2 is 1. The first kappa shape index (κ1) is 16.2. The van der Waals surface area contributed by atoms with Crippen LogP contribution < -0.4 is 5.01 Å². The molecule has 1 atom stereocenters. The zero-order chi connectivity index (χ0) is 15.1. The maximum absolute atomic E-state index is 10.7. The van der Waals surface area contributed by atoms with Gasteiger partial charge >= 0.3 is 5.97 Å². The van der Waals surface area contributed by atoms with E-state index in [2.05, 4.69) is 5.29 Å². The standard InChI is InChI=1S/C14H17ClN2O3/c1-3-4-10(5-8-14(18)19)12-9-11(15)6-7-13(12)17(2)16-20/h5-10H,3-4H2,1-2H3,(H,18,19). The highest BCUT2D eigenvalue weighted by molar-refractivity contribution is 6.30. The second-order valence-corrected chi connectivity index (χ2v) is 4.84. The number of anilines is 1. The van der Waals surface area contributed by atoms with Crippen molar-refractivity contribution in [2.45, 2.75) is 25.7 Å². The lowest BCUT2D eigenvalue weighted by atomic mass is 9.92. The first-order valence-electron chi connectivity index (χ1n) is 6.27. The molecule has 0 fully saturated rings. The minimum Gasteiger partial charge on any atom is -0.478 e. The second-order valence-electron chi connectivity index (χ2n) is 4.40. The average Bonchev–Trinajstić information content (AvgIpc) is 2.42. The van der Waals surface area contributed by atoms with E-state index < -0.39 is 5.97 Å². The Hall–Kier alpha value is -1.88. The van der Waals surface area contributed by atoms with Gasteiger partial charge in [0.2, 0.25) is 0 Å². The Kier molecular flexibility index (Phi) is 6.18. The van der Waals surface area contributed by atoms with Crippen LogP contribution >= 0.6 is 11.6 Å². The molecule has 0 bridgehead atoms. The van der Waals surface area contributed by atoms with Gasteiger partial charge in [-0.05, 0) is 30.2 Å². The summed E-state index contributed by atoms with van der Waals surface area (Å²) in [5.74, 6) is -1.13. The van der Waals surface area contributed by atoms with Gasteiger partial charge in [-0.3, -0.25) is 0 Å². The zero-order valence-electron chi connectivity index (χ0n) is 11.4. The van der Waals surface area contributed by atoms with Crippen molar-refractivity contribution < 1.29 is 9.90 Å². The minimum absolute atomic E-state index is 0.131. The predicted molar refractivity (Wildman–Crippen MR) is 80.1 cm³/mol. The Morgan fingerprint density at radius 1 is 1.55 bits per heavy atom. The van der Waals surface area contributed by atoms with Crippen LogP contribution in [-0.2, 0) is 4.79 Å². The van der Waals surface area contributed by atoms with E-state index in [-0.39, 0.29) is 5.92 Å². The topological polar surface area (TPSA) is 70.0 Å². The Morgan fingerprint density at radius 3 is 2.80 bits per heavy atom. The number of aliphatic carboxylic acids is 1. The summed E-state index contributed by atoms with van der Waals surface area (Å²) < 4.78 is 0. The molecular weight excluding hydrogens is 280 g/mol. The van der Waals surface area contributed by atoms with Crippen LogP contribution in [0.1, 0.15) is 31.2 Å². The van der Waals surface area contributed by atoms with Gasteiger partial charge < -0.3 is 5.11 Å². The number of halogens is 1. The van der Waals surface area contributed by atoms with E-state index in [0.717, 1.165) is 24.5 Å². The number of carbonyl (C=O) groups is 1. The fraction of sp³-hybridized carbons (Fsp3) is 0.357. The Morgan fingerprint density at radius 2 is 2.25 bits per heavy atom. The van der Waals surface area contributed by atoms with E-state index in [1.807, 2.05) is 6.92 Å². The number of carboxylic acids is 1. The third kappa shape index (κ3) is 4.35. The van der Waals surface area contributed by atoms with Crippen molar-refractivity contribution >= 4 is 23.3 Å². The van der Waals surface area contributed by atoms with Crippen molar-refractivity contribution in [3.05, 3.63) is 45.8 Å². The quantitative estimate of drug-likeness (QED) is 0.469. The molecule has 1 aromatic rings. The number of hydrogen-bond donors (Lipinski definition) is 1. The third-order valence-corrected chi connectivity index (χ3v) is 3.17. The van der Waals surface area contributed by atoms with E-state index in [1.165, 1.54) is 5.01 Å². The number of benzene rings is 1. The molecular formula is C14H17ClN2O3. The van der Waals surface area contributed by atoms with Gasteiger partial charge in [-0.25, -0.2) is 9.80 Å². The fourth-order valence-electron chi connectivity index (χ4n) is 2.03. The van der Waals surface area contributed by atoms with Crippen LogP contribution in [-0.4, -0.2) is 18.1 Å². The van der Waals surface area contributed by atoms with Gasteiger partial charge in [0.25, 0.3) is 0 Å². The highest BCUT2D eigenvalue weighted by Crippen LogP contribution is 2.33. The molecule has 1 aromatic carbocycles. The number of allylic oxidation sites excluding steroid dienone is 1. The number of hydrogen-bond acceptors (Lipinski definition) is 3. The van der Waals surface area contributed by atoms with E-state index in [0.29, 0.717) is 10.7 Å². The molecule has 0 radical (unpaired) electrons. The molecule has 1 unspecified atom stereocenters. The van der Waals surface area contributed by atoms with Crippen molar-refractivity contribution in [1.29, 1.82) is 0 Å². The van der Waals surface area contributed by atoms with Crippen LogP contribution in [0.15, 0.2) is 35.6 Å². The summed E-state index contributed by atoms with van der Waals surface area (Å²) in [4.78, 5) is 21.4. The van der Waals surface area contributed by atoms with Crippen LogP contribution in [0.3, 0.4) is 0 Å². The molecule has 0 spiro atoms. The van der Waals surface area contributed by atoms with Crippen molar-refractivity contribution in [1.82, 2.24) is 0 Å². The van der Waals surface area contributed by atoms with Crippen molar-refractivity contribution in [2.75, 3.05) is 12.1 Å². The minimum atomic E-state index is -1.00. The molecule has 1 N–H and O–H groups in total. The molecule has 0 amide bonds. The lowest BCUT2D eigenvalue weighted by Gasteiger charge is -2.20. The summed E-state index contributed by atoms with van der Waals surface area (Å²) in [6, 6.07) is 5.12. The van der Waals surface area contributed by atoms with Gasteiger partial charge in [-0.2, -0.15) is 0 Å². The Labute approximate surface area is 122 Å². The van der Waals surface area contributed by atoms with Gasteiger partial charge in [0, 0.05) is 24.1 Å².